The Kier molecular flexibility index (Phi) is 10.8. The van der Waals surface area contributed by atoms with E-state index in [1.165, 1.54) is 50.1 Å². The predicted molar refractivity (Wildman–Crippen MR) is 148 cm³/mol. The van der Waals surface area contributed by atoms with E-state index in [0.717, 1.165) is 19.5 Å². The van der Waals surface area contributed by atoms with Crippen molar-refractivity contribution >= 4 is 0 Å². The molecule has 38 heavy (non-hydrogen) atoms. The highest BCUT2D eigenvalue weighted by molar-refractivity contribution is 5.72. The summed E-state index contributed by atoms with van der Waals surface area (Å²) in [6.07, 6.45) is 9.95. The predicted octanol–water partition coefficient (Wildman–Crippen LogP) is 0.879. The summed E-state index contributed by atoms with van der Waals surface area (Å²) in [5.41, 5.74) is 11.7. The van der Waals surface area contributed by atoms with Gasteiger partial charge in [0.2, 0.25) is 0 Å². The first-order chi connectivity index (χ1) is 17.6. The van der Waals surface area contributed by atoms with Crippen molar-refractivity contribution in [1.29, 1.82) is 0 Å². The average Bonchev–Trinajstić information content (AvgIpc) is 2.90. The maximum atomic E-state index is 2.31. The van der Waals surface area contributed by atoms with E-state index in [-0.39, 0.29) is 41.0 Å². The fraction of sp³-hybridized carbons (Fsp3) is 0.176. The molecular formula is C34H34BrIN2. The van der Waals surface area contributed by atoms with Gasteiger partial charge in [-0.3, -0.25) is 0 Å². The molecule has 0 amide bonds. The molecule has 0 atom stereocenters. The Morgan fingerprint density at radius 2 is 1.03 bits per heavy atom. The van der Waals surface area contributed by atoms with E-state index in [9.17, 15) is 0 Å². The van der Waals surface area contributed by atoms with Gasteiger partial charge in [-0.05, 0) is 54.2 Å². The summed E-state index contributed by atoms with van der Waals surface area (Å²) in [6.45, 7) is 8.39. The Labute approximate surface area is 254 Å². The molecule has 0 saturated heterocycles. The fourth-order valence-corrected chi connectivity index (χ4v) is 4.95. The zero-order valence-corrected chi connectivity index (χ0v) is 26.0. The van der Waals surface area contributed by atoms with E-state index in [2.05, 4.69) is 146 Å². The second-order valence-corrected chi connectivity index (χ2v) is 9.66. The molecule has 0 saturated carbocycles. The van der Waals surface area contributed by atoms with Crippen molar-refractivity contribution in [2.24, 2.45) is 0 Å². The van der Waals surface area contributed by atoms with Gasteiger partial charge in [0.1, 0.15) is 0 Å². The molecule has 0 unspecified atom stereocenters. The highest BCUT2D eigenvalue weighted by atomic mass is 127. The third-order valence-corrected chi connectivity index (χ3v) is 6.91. The van der Waals surface area contributed by atoms with Gasteiger partial charge in [-0.15, -0.1) is 0 Å². The van der Waals surface area contributed by atoms with Crippen LogP contribution in [0.15, 0.2) is 116 Å². The summed E-state index contributed by atoms with van der Waals surface area (Å²) in [7, 11) is 0. The Bertz CT molecular complexity index is 1480. The minimum absolute atomic E-state index is 0. The number of rotatable bonds is 7. The Morgan fingerprint density at radius 1 is 0.553 bits per heavy atom. The first-order valence-corrected chi connectivity index (χ1v) is 12.8. The van der Waals surface area contributed by atoms with Gasteiger partial charge in [-0.25, -0.2) is 9.13 Å². The first kappa shape index (κ1) is 29.7. The van der Waals surface area contributed by atoms with Gasteiger partial charge in [-0.2, -0.15) is 0 Å². The lowest BCUT2D eigenvalue weighted by atomic mass is 9.97. The Balaban J connectivity index is 0.00000200. The van der Waals surface area contributed by atoms with Gasteiger partial charge in [-0.1, -0.05) is 79.7 Å². The lowest BCUT2D eigenvalue weighted by molar-refractivity contribution is -0.688. The summed E-state index contributed by atoms with van der Waals surface area (Å²) in [5, 5.41) is 0. The molecule has 0 aliphatic heterocycles. The topological polar surface area (TPSA) is 7.76 Å². The summed E-state index contributed by atoms with van der Waals surface area (Å²) in [5.74, 6) is 0. The van der Waals surface area contributed by atoms with Gasteiger partial charge in [0.25, 0.3) is 0 Å². The van der Waals surface area contributed by atoms with E-state index in [1.54, 1.807) is 0 Å². The molecule has 2 aromatic heterocycles. The highest BCUT2D eigenvalue weighted by Gasteiger charge is 2.12. The number of hydrogen-bond donors (Lipinski definition) is 0. The molecule has 0 spiro atoms. The smallest absolute Gasteiger partial charge is 0.173 e. The molecule has 2 heterocycles. The number of nitrogens with zero attached hydrogens (tertiary/aromatic N) is 2. The first-order valence-electron chi connectivity index (χ1n) is 12.8. The molecular weight excluding hydrogens is 643 g/mol. The fourth-order valence-electron chi connectivity index (χ4n) is 4.95. The van der Waals surface area contributed by atoms with Gasteiger partial charge < -0.3 is 41.0 Å². The molecule has 0 N–H and O–H groups in total. The SMILES string of the molecule is CCc1cccc(C[n+]2ccc(-c3ccc(-c4cc[n+](Cc5ccccc5)cc4C)cc3)c(C)c2)c1.[Br-].[I-]. The number of aryl methyl sites for hydroxylation is 3. The van der Waals surface area contributed by atoms with Crippen LogP contribution in [0.4, 0.5) is 0 Å². The molecule has 5 aromatic rings. The molecule has 0 aliphatic carbocycles. The summed E-state index contributed by atoms with van der Waals surface area (Å²) >= 11 is 0. The molecule has 2 nitrogen and oxygen atoms in total. The Hall–Kier alpha value is -2.83. The normalized spacial score (nSPS) is 10.4. The molecule has 0 fully saturated rings. The molecule has 0 aliphatic rings. The molecule has 0 bridgehead atoms. The van der Waals surface area contributed by atoms with Crippen molar-refractivity contribution in [1.82, 2.24) is 0 Å². The van der Waals surface area contributed by atoms with E-state index in [4.69, 9.17) is 0 Å². The molecule has 5 rings (SSSR count). The molecule has 0 radical (unpaired) electrons. The number of aromatic nitrogens is 2. The largest absolute Gasteiger partial charge is 1.00 e. The van der Waals surface area contributed by atoms with Crippen molar-refractivity contribution in [3.05, 3.63) is 144 Å². The van der Waals surface area contributed by atoms with Gasteiger partial charge in [0.05, 0.1) is 0 Å². The van der Waals surface area contributed by atoms with E-state index < -0.39 is 0 Å². The lowest BCUT2D eigenvalue weighted by Crippen LogP contribution is -3.00. The van der Waals surface area contributed by atoms with E-state index in [0.29, 0.717) is 0 Å². The molecule has 3 aromatic carbocycles. The van der Waals surface area contributed by atoms with Crippen LogP contribution in [0.2, 0.25) is 0 Å². The van der Waals surface area contributed by atoms with Crippen LogP contribution in [0.3, 0.4) is 0 Å². The van der Waals surface area contributed by atoms with Crippen molar-refractivity contribution < 1.29 is 50.1 Å². The van der Waals surface area contributed by atoms with E-state index in [1.807, 2.05) is 0 Å². The van der Waals surface area contributed by atoms with Crippen molar-refractivity contribution in [3.63, 3.8) is 0 Å². The summed E-state index contributed by atoms with van der Waals surface area (Å²) in [6, 6.07) is 32.9. The molecule has 4 heteroatoms. The number of pyridine rings is 2. The van der Waals surface area contributed by atoms with Gasteiger partial charge >= 0.3 is 0 Å². The van der Waals surface area contributed by atoms with Crippen LogP contribution in [0.1, 0.15) is 34.7 Å². The maximum Gasteiger partial charge on any atom is 0.173 e. The van der Waals surface area contributed by atoms with E-state index >= 15 is 0 Å². The van der Waals surface area contributed by atoms with Crippen LogP contribution in [0, 0.1) is 13.8 Å². The highest BCUT2D eigenvalue weighted by Crippen LogP contribution is 2.27. The number of benzene rings is 3. The van der Waals surface area contributed by atoms with Crippen LogP contribution in [0.25, 0.3) is 22.3 Å². The van der Waals surface area contributed by atoms with Crippen molar-refractivity contribution in [2.45, 2.75) is 40.3 Å². The Morgan fingerprint density at radius 3 is 1.53 bits per heavy atom. The minimum Gasteiger partial charge on any atom is -1.00 e. The maximum absolute atomic E-state index is 2.31. The van der Waals surface area contributed by atoms with Crippen molar-refractivity contribution in [2.75, 3.05) is 0 Å². The summed E-state index contributed by atoms with van der Waals surface area (Å²) < 4.78 is 4.53. The standard InChI is InChI=1S/C34H34N2.BrH.HI/c1-4-28-11-8-12-30(21-28)25-36-20-18-34(27(3)23-36)32-15-13-31(14-16-32)33-17-19-35(22-26(33)2)24-29-9-6-5-7-10-29;;/h5-23H,4,24-25H2,1-3H3;2*1H/q+2;;/p-2. The number of halogens is 2. The molecule has 194 valence electrons. The number of hydrogen-bond acceptors (Lipinski definition) is 0. The third kappa shape index (κ3) is 7.17. The van der Waals surface area contributed by atoms with Gasteiger partial charge in [0.15, 0.2) is 37.9 Å². The van der Waals surface area contributed by atoms with Crippen LogP contribution in [-0.4, -0.2) is 0 Å². The summed E-state index contributed by atoms with van der Waals surface area (Å²) in [4.78, 5) is 0. The van der Waals surface area contributed by atoms with Crippen molar-refractivity contribution in [3.8, 4) is 22.3 Å². The van der Waals surface area contributed by atoms with Crippen LogP contribution in [-0.2, 0) is 19.5 Å². The second-order valence-electron chi connectivity index (χ2n) is 9.66. The quantitative estimate of drug-likeness (QED) is 0.179. The zero-order valence-electron chi connectivity index (χ0n) is 22.2. The average molecular weight is 677 g/mol. The monoisotopic (exact) mass is 676 g/mol. The lowest BCUT2D eigenvalue weighted by Gasteiger charge is -2.09. The van der Waals surface area contributed by atoms with Crippen LogP contribution in [0.5, 0.6) is 0 Å². The van der Waals surface area contributed by atoms with Crippen LogP contribution < -0.4 is 50.1 Å². The second kappa shape index (κ2) is 13.8. The zero-order chi connectivity index (χ0) is 24.9. The van der Waals surface area contributed by atoms with Gasteiger partial charge in [0, 0.05) is 34.4 Å². The van der Waals surface area contributed by atoms with Crippen LogP contribution >= 0.6 is 0 Å². The third-order valence-electron chi connectivity index (χ3n) is 6.91. The minimum atomic E-state index is 0.